The molecule has 0 unspecified atom stereocenters. The van der Waals surface area contributed by atoms with Crippen LogP contribution in [0.15, 0.2) is 97.3 Å². The SMILES string of the molecule is c1ccc(C2(c3ccccc3)c3cccnc3-c3ncccc32)cc1. The van der Waals surface area contributed by atoms with Gasteiger partial charge in [-0.15, -0.1) is 0 Å². The first-order valence-electron chi connectivity index (χ1n) is 8.45. The summed E-state index contributed by atoms with van der Waals surface area (Å²) in [6.07, 6.45) is 3.70. The van der Waals surface area contributed by atoms with Gasteiger partial charge in [0, 0.05) is 12.4 Å². The van der Waals surface area contributed by atoms with Gasteiger partial charge >= 0.3 is 0 Å². The van der Waals surface area contributed by atoms with Gasteiger partial charge in [-0.25, -0.2) is 0 Å². The Morgan fingerprint density at radius 2 is 0.920 bits per heavy atom. The summed E-state index contributed by atoms with van der Waals surface area (Å²) in [7, 11) is 0. The van der Waals surface area contributed by atoms with Gasteiger partial charge in [0.05, 0.1) is 16.8 Å². The smallest absolute Gasteiger partial charge is 0.0937 e. The fourth-order valence-electron chi connectivity index (χ4n) is 4.10. The Hall–Kier alpha value is -3.26. The Bertz CT molecular complexity index is 953. The van der Waals surface area contributed by atoms with Crippen LogP contribution >= 0.6 is 0 Å². The van der Waals surface area contributed by atoms with Crippen molar-refractivity contribution >= 4 is 0 Å². The van der Waals surface area contributed by atoms with E-state index >= 15 is 0 Å². The van der Waals surface area contributed by atoms with Crippen molar-refractivity contribution in [3.8, 4) is 11.4 Å². The van der Waals surface area contributed by atoms with E-state index in [0.29, 0.717) is 0 Å². The first-order valence-corrected chi connectivity index (χ1v) is 8.45. The second-order valence-electron chi connectivity index (χ2n) is 6.28. The molecule has 0 spiro atoms. The third-order valence-corrected chi connectivity index (χ3v) is 5.06. The summed E-state index contributed by atoms with van der Waals surface area (Å²) >= 11 is 0. The summed E-state index contributed by atoms with van der Waals surface area (Å²) < 4.78 is 0. The Labute approximate surface area is 146 Å². The molecule has 0 radical (unpaired) electrons. The van der Waals surface area contributed by atoms with Crippen LogP contribution in [0.5, 0.6) is 0 Å². The molecule has 0 bridgehead atoms. The van der Waals surface area contributed by atoms with E-state index in [1.807, 2.05) is 24.5 Å². The molecule has 2 heterocycles. The Morgan fingerprint density at radius 3 is 1.36 bits per heavy atom. The molecule has 1 aliphatic carbocycles. The van der Waals surface area contributed by atoms with E-state index in [0.717, 1.165) is 11.4 Å². The number of nitrogens with zero attached hydrogens (tertiary/aromatic N) is 2. The van der Waals surface area contributed by atoms with E-state index in [4.69, 9.17) is 0 Å². The third kappa shape index (κ3) is 1.85. The summed E-state index contributed by atoms with van der Waals surface area (Å²) in [5, 5.41) is 0. The molecule has 0 N–H and O–H groups in total. The molecule has 0 saturated carbocycles. The molecule has 2 aromatic carbocycles. The lowest BCUT2D eigenvalue weighted by Crippen LogP contribution is -2.28. The minimum atomic E-state index is -0.379. The zero-order valence-electron chi connectivity index (χ0n) is 13.6. The lowest BCUT2D eigenvalue weighted by molar-refractivity contribution is 0.764. The molecule has 0 saturated heterocycles. The topological polar surface area (TPSA) is 25.8 Å². The molecular weight excluding hydrogens is 304 g/mol. The monoisotopic (exact) mass is 320 g/mol. The van der Waals surface area contributed by atoms with Gasteiger partial charge in [-0.1, -0.05) is 72.8 Å². The average Bonchev–Trinajstić information content (AvgIpc) is 3.01. The van der Waals surface area contributed by atoms with Crippen molar-refractivity contribution in [1.29, 1.82) is 0 Å². The summed E-state index contributed by atoms with van der Waals surface area (Å²) in [5.74, 6) is 0. The van der Waals surface area contributed by atoms with E-state index < -0.39 is 0 Å². The molecule has 1 aliphatic rings. The maximum absolute atomic E-state index is 4.68. The van der Waals surface area contributed by atoms with Crippen LogP contribution in [0.4, 0.5) is 0 Å². The van der Waals surface area contributed by atoms with Gasteiger partial charge in [-0.05, 0) is 34.4 Å². The number of rotatable bonds is 2. The van der Waals surface area contributed by atoms with Gasteiger partial charge in [0.1, 0.15) is 0 Å². The van der Waals surface area contributed by atoms with Gasteiger partial charge in [-0.3, -0.25) is 9.97 Å². The minimum absolute atomic E-state index is 0.379. The minimum Gasteiger partial charge on any atom is -0.254 e. The van der Waals surface area contributed by atoms with E-state index in [-0.39, 0.29) is 5.41 Å². The van der Waals surface area contributed by atoms with Crippen LogP contribution in [0.3, 0.4) is 0 Å². The standard InChI is InChI=1S/C23H16N2/c1-3-9-17(10-4-1)23(18-11-5-2-6-12-18)19-13-7-15-24-21(19)22-20(23)14-8-16-25-22/h1-16H. The molecule has 5 rings (SSSR count). The predicted molar refractivity (Wildman–Crippen MR) is 99.3 cm³/mol. The summed E-state index contributed by atoms with van der Waals surface area (Å²) in [6.45, 7) is 0. The first kappa shape index (κ1) is 14.1. The molecular formula is C23H16N2. The van der Waals surface area contributed by atoms with E-state index in [1.165, 1.54) is 22.3 Å². The Kier molecular flexibility index (Phi) is 3.04. The zero-order chi connectivity index (χ0) is 16.7. The maximum Gasteiger partial charge on any atom is 0.0937 e. The molecule has 2 nitrogen and oxygen atoms in total. The number of hydrogen-bond donors (Lipinski definition) is 0. The highest BCUT2D eigenvalue weighted by Gasteiger charge is 2.47. The second kappa shape index (κ2) is 5.38. The zero-order valence-corrected chi connectivity index (χ0v) is 13.6. The Morgan fingerprint density at radius 1 is 0.480 bits per heavy atom. The molecule has 0 atom stereocenters. The average molecular weight is 320 g/mol. The van der Waals surface area contributed by atoms with E-state index in [1.54, 1.807) is 0 Å². The van der Waals surface area contributed by atoms with Gasteiger partial charge in [0.25, 0.3) is 0 Å². The number of fused-ring (bicyclic) bond motifs is 3. The van der Waals surface area contributed by atoms with Crippen molar-refractivity contribution in [1.82, 2.24) is 9.97 Å². The molecule has 0 fully saturated rings. The fourth-order valence-corrected chi connectivity index (χ4v) is 4.10. The van der Waals surface area contributed by atoms with Crippen LogP contribution in [-0.2, 0) is 5.41 Å². The molecule has 2 aromatic heterocycles. The highest BCUT2D eigenvalue weighted by Crippen LogP contribution is 2.54. The van der Waals surface area contributed by atoms with Crippen molar-refractivity contribution in [2.24, 2.45) is 0 Å². The molecule has 4 aromatic rings. The van der Waals surface area contributed by atoms with Gasteiger partial charge in [0.2, 0.25) is 0 Å². The number of hydrogen-bond acceptors (Lipinski definition) is 2. The molecule has 118 valence electrons. The van der Waals surface area contributed by atoms with Crippen molar-refractivity contribution < 1.29 is 0 Å². The van der Waals surface area contributed by atoms with Crippen LogP contribution in [0.2, 0.25) is 0 Å². The first-order chi connectivity index (χ1) is 12.4. The maximum atomic E-state index is 4.68. The molecule has 25 heavy (non-hydrogen) atoms. The normalized spacial score (nSPS) is 13.9. The van der Waals surface area contributed by atoms with Crippen LogP contribution in [-0.4, -0.2) is 9.97 Å². The van der Waals surface area contributed by atoms with Crippen LogP contribution < -0.4 is 0 Å². The van der Waals surface area contributed by atoms with Crippen molar-refractivity contribution in [2.75, 3.05) is 0 Å². The summed E-state index contributed by atoms with van der Waals surface area (Å²) in [4.78, 5) is 9.37. The third-order valence-electron chi connectivity index (χ3n) is 5.06. The second-order valence-corrected chi connectivity index (χ2v) is 6.28. The van der Waals surface area contributed by atoms with Crippen LogP contribution in [0.1, 0.15) is 22.3 Å². The van der Waals surface area contributed by atoms with Crippen LogP contribution in [0.25, 0.3) is 11.4 Å². The van der Waals surface area contributed by atoms with Crippen LogP contribution in [0, 0.1) is 0 Å². The fraction of sp³-hybridized carbons (Fsp3) is 0.0435. The molecule has 0 amide bonds. The van der Waals surface area contributed by atoms with Crippen molar-refractivity contribution in [3.63, 3.8) is 0 Å². The number of pyridine rings is 2. The van der Waals surface area contributed by atoms with Gasteiger partial charge in [0.15, 0.2) is 0 Å². The largest absolute Gasteiger partial charge is 0.254 e. The number of benzene rings is 2. The Balaban J connectivity index is 1.98. The summed E-state index contributed by atoms with van der Waals surface area (Å²) in [6, 6.07) is 29.7. The molecule has 0 aliphatic heterocycles. The molecule has 2 heteroatoms. The lowest BCUT2D eigenvalue weighted by Gasteiger charge is -2.33. The van der Waals surface area contributed by atoms with Gasteiger partial charge in [-0.2, -0.15) is 0 Å². The van der Waals surface area contributed by atoms with Crippen molar-refractivity contribution in [2.45, 2.75) is 5.41 Å². The predicted octanol–water partition coefficient (Wildman–Crippen LogP) is 4.84. The lowest BCUT2D eigenvalue weighted by atomic mass is 9.68. The van der Waals surface area contributed by atoms with E-state index in [2.05, 4.69) is 82.8 Å². The summed E-state index contributed by atoms with van der Waals surface area (Å²) in [5.41, 5.74) is 6.44. The highest BCUT2D eigenvalue weighted by molar-refractivity contribution is 5.81. The van der Waals surface area contributed by atoms with Gasteiger partial charge < -0.3 is 0 Å². The van der Waals surface area contributed by atoms with Crippen molar-refractivity contribution in [3.05, 3.63) is 120 Å². The number of aromatic nitrogens is 2. The van der Waals surface area contributed by atoms with E-state index in [9.17, 15) is 0 Å². The highest BCUT2D eigenvalue weighted by atomic mass is 14.8. The quantitative estimate of drug-likeness (QED) is 0.465.